The maximum atomic E-state index is 13.2. The van der Waals surface area contributed by atoms with Crippen molar-refractivity contribution in [2.75, 3.05) is 32.7 Å². The van der Waals surface area contributed by atoms with Gasteiger partial charge in [0.1, 0.15) is 5.82 Å². The lowest BCUT2D eigenvalue weighted by Gasteiger charge is -2.34. The van der Waals surface area contributed by atoms with Crippen molar-refractivity contribution in [2.24, 2.45) is 0 Å². The van der Waals surface area contributed by atoms with Crippen molar-refractivity contribution in [3.63, 3.8) is 0 Å². The normalized spacial score (nSPS) is 16.9. The molecule has 0 bridgehead atoms. The Morgan fingerprint density at radius 3 is 2.48 bits per heavy atom. The van der Waals surface area contributed by atoms with Crippen molar-refractivity contribution >= 4 is 6.08 Å². The van der Waals surface area contributed by atoms with E-state index in [1.807, 2.05) is 6.07 Å². The third-order valence-corrected chi connectivity index (χ3v) is 4.11. The van der Waals surface area contributed by atoms with Crippen molar-refractivity contribution in [1.29, 1.82) is 0 Å². The average molecular weight is 311 g/mol. The zero-order valence-corrected chi connectivity index (χ0v) is 13.2. The van der Waals surface area contributed by atoms with E-state index in [0.29, 0.717) is 0 Å². The van der Waals surface area contributed by atoms with Crippen molar-refractivity contribution < 1.29 is 4.39 Å². The fraction of sp³-hybridized carbons (Fsp3) is 0.316. The molecular weight excluding hydrogens is 289 g/mol. The van der Waals surface area contributed by atoms with E-state index >= 15 is 0 Å². The smallest absolute Gasteiger partial charge is 0.141 e. The summed E-state index contributed by atoms with van der Waals surface area (Å²) in [5.74, 6) is -0.257. The molecule has 0 aliphatic carbocycles. The van der Waals surface area contributed by atoms with Gasteiger partial charge in [-0.25, -0.2) is 4.39 Å². The number of hydrogen-bond donors (Lipinski definition) is 0. The lowest BCUT2D eigenvalue weighted by Crippen LogP contribution is -2.45. The summed E-state index contributed by atoms with van der Waals surface area (Å²) in [6, 6.07) is 11.9. The Balaban J connectivity index is 1.42. The topological polar surface area (TPSA) is 19.4 Å². The van der Waals surface area contributed by atoms with E-state index < -0.39 is 0 Å². The molecule has 1 saturated heterocycles. The molecule has 4 heteroatoms. The lowest BCUT2D eigenvalue weighted by atomic mass is 10.2. The van der Waals surface area contributed by atoms with Crippen molar-refractivity contribution in [1.82, 2.24) is 14.8 Å². The van der Waals surface area contributed by atoms with Crippen LogP contribution in [0.4, 0.5) is 4.39 Å². The van der Waals surface area contributed by atoms with Crippen LogP contribution in [0.15, 0.2) is 54.9 Å². The Kier molecular flexibility index (Phi) is 5.51. The fourth-order valence-corrected chi connectivity index (χ4v) is 2.83. The molecule has 0 saturated carbocycles. The molecule has 23 heavy (non-hydrogen) atoms. The van der Waals surface area contributed by atoms with Gasteiger partial charge < -0.3 is 0 Å². The van der Waals surface area contributed by atoms with E-state index in [1.54, 1.807) is 12.3 Å². The number of piperazine rings is 1. The van der Waals surface area contributed by atoms with Crippen LogP contribution in [-0.2, 0) is 6.54 Å². The number of hydrogen-bond acceptors (Lipinski definition) is 3. The summed E-state index contributed by atoms with van der Waals surface area (Å²) in [6.45, 7) is 5.86. The third kappa shape index (κ3) is 4.98. The second-order valence-electron chi connectivity index (χ2n) is 5.90. The van der Waals surface area contributed by atoms with Crippen LogP contribution >= 0.6 is 0 Å². The molecule has 0 radical (unpaired) electrons. The predicted octanol–water partition coefficient (Wildman–Crippen LogP) is 3.05. The van der Waals surface area contributed by atoms with Crippen LogP contribution in [0.1, 0.15) is 11.1 Å². The molecule has 0 unspecified atom stereocenters. The third-order valence-electron chi connectivity index (χ3n) is 4.11. The van der Waals surface area contributed by atoms with Gasteiger partial charge in [-0.15, -0.1) is 0 Å². The molecule has 1 aliphatic rings. The van der Waals surface area contributed by atoms with E-state index in [2.05, 4.69) is 51.2 Å². The highest BCUT2D eigenvalue weighted by molar-refractivity contribution is 5.48. The number of nitrogens with zero attached hydrogens (tertiary/aromatic N) is 3. The van der Waals surface area contributed by atoms with Gasteiger partial charge in [0.25, 0.3) is 0 Å². The van der Waals surface area contributed by atoms with Crippen LogP contribution in [0.3, 0.4) is 0 Å². The molecule has 0 amide bonds. The Labute approximate surface area is 137 Å². The van der Waals surface area contributed by atoms with Crippen molar-refractivity contribution in [3.05, 3.63) is 71.8 Å². The molecule has 3 nitrogen and oxygen atoms in total. The number of rotatable bonds is 5. The summed E-state index contributed by atoms with van der Waals surface area (Å²) in [4.78, 5) is 8.71. The first kappa shape index (κ1) is 15.8. The minimum atomic E-state index is -0.257. The van der Waals surface area contributed by atoms with E-state index in [9.17, 15) is 4.39 Å². The summed E-state index contributed by atoms with van der Waals surface area (Å²) >= 11 is 0. The maximum absolute atomic E-state index is 13.2. The van der Waals surface area contributed by atoms with E-state index in [-0.39, 0.29) is 5.82 Å². The van der Waals surface area contributed by atoms with Gasteiger partial charge in [0.2, 0.25) is 0 Å². The van der Waals surface area contributed by atoms with Crippen LogP contribution in [0.5, 0.6) is 0 Å². The van der Waals surface area contributed by atoms with Crippen LogP contribution in [0.25, 0.3) is 6.08 Å². The lowest BCUT2D eigenvalue weighted by molar-refractivity contribution is 0.137. The standard InChI is InChI=1S/C19H22FN3/c20-19-13-18(14-21-15-19)16-23-11-9-22(10-12-23)8-4-7-17-5-2-1-3-6-17/h1-7,13-15H,8-12,16H2/b7-4+. The highest BCUT2D eigenvalue weighted by Gasteiger charge is 2.16. The molecule has 2 aromatic rings. The van der Waals surface area contributed by atoms with Crippen LogP contribution < -0.4 is 0 Å². The Morgan fingerprint density at radius 2 is 1.74 bits per heavy atom. The predicted molar refractivity (Wildman–Crippen MR) is 91.4 cm³/mol. The molecule has 0 spiro atoms. The number of benzene rings is 1. The Bertz CT molecular complexity index is 634. The molecule has 1 aromatic heterocycles. The van der Waals surface area contributed by atoms with Gasteiger partial charge in [0, 0.05) is 45.5 Å². The van der Waals surface area contributed by atoms with Crippen molar-refractivity contribution in [3.8, 4) is 0 Å². The van der Waals surface area contributed by atoms with Gasteiger partial charge in [-0.05, 0) is 17.2 Å². The molecule has 0 atom stereocenters. The average Bonchev–Trinajstić information content (AvgIpc) is 2.58. The monoisotopic (exact) mass is 311 g/mol. The van der Waals surface area contributed by atoms with Gasteiger partial charge in [-0.3, -0.25) is 14.8 Å². The van der Waals surface area contributed by atoms with Crippen molar-refractivity contribution in [2.45, 2.75) is 6.54 Å². The van der Waals surface area contributed by atoms with E-state index in [4.69, 9.17) is 0 Å². The summed E-state index contributed by atoms with van der Waals surface area (Å²) in [6.07, 6.45) is 7.39. The Morgan fingerprint density at radius 1 is 1.00 bits per heavy atom. The fourth-order valence-electron chi connectivity index (χ4n) is 2.83. The summed E-state index contributed by atoms with van der Waals surface area (Å²) in [5.41, 5.74) is 2.19. The zero-order valence-electron chi connectivity index (χ0n) is 13.2. The number of halogens is 1. The second kappa shape index (κ2) is 7.99. The van der Waals surface area contributed by atoms with E-state index in [0.717, 1.165) is 44.8 Å². The first-order valence-electron chi connectivity index (χ1n) is 8.05. The van der Waals surface area contributed by atoms with E-state index in [1.165, 1.54) is 11.8 Å². The number of aromatic nitrogens is 1. The number of pyridine rings is 1. The van der Waals surface area contributed by atoms with Gasteiger partial charge >= 0.3 is 0 Å². The van der Waals surface area contributed by atoms with Crippen LogP contribution in [-0.4, -0.2) is 47.5 Å². The highest BCUT2D eigenvalue weighted by Crippen LogP contribution is 2.09. The van der Waals surface area contributed by atoms with Crippen LogP contribution in [0, 0.1) is 5.82 Å². The largest absolute Gasteiger partial charge is 0.297 e. The molecular formula is C19H22FN3. The first-order chi connectivity index (χ1) is 11.3. The van der Waals surface area contributed by atoms with Gasteiger partial charge in [-0.2, -0.15) is 0 Å². The molecule has 0 N–H and O–H groups in total. The molecule has 3 rings (SSSR count). The molecule has 1 fully saturated rings. The van der Waals surface area contributed by atoms with Gasteiger partial charge in [0.05, 0.1) is 6.20 Å². The van der Waals surface area contributed by atoms with Gasteiger partial charge in [0.15, 0.2) is 0 Å². The molecule has 1 aromatic carbocycles. The maximum Gasteiger partial charge on any atom is 0.141 e. The molecule has 1 aliphatic heterocycles. The molecule has 120 valence electrons. The minimum absolute atomic E-state index is 0.257. The quantitative estimate of drug-likeness (QED) is 0.846. The summed E-state index contributed by atoms with van der Waals surface area (Å²) < 4.78 is 13.2. The molecule has 2 heterocycles. The van der Waals surface area contributed by atoms with Gasteiger partial charge in [-0.1, -0.05) is 42.5 Å². The Hall–Kier alpha value is -2.04. The minimum Gasteiger partial charge on any atom is -0.297 e. The highest BCUT2D eigenvalue weighted by atomic mass is 19.1. The summed E-state index contributed by atoms with van der Waals surface area (Å²) in [5, 5.41) is 0. The zero-order chi connectivity index (χ0) is 15.9. The second-order valence-corrected chi connectivity index (χ2v) is 5.90. The first-order valence-corrected chi connectivity index (χ1v) is 8.05. The van der Waals surface area contributed by atoms with Crippen LogP contribution in [0.2, 0.25) is 0 Å². The SMILES string of the molecule is Fc1cncc(CN2CCN(C/C=C/c3ccccc3)CC2)c1. The summed E-state index contributed by atoms with van der Waals surface area (Å²) in [7, 11) is 0.